The lowest BCUT2D eigenvalue weighted by atomic mass is 10.0. The number of hydrogen-bond donors (Lipinski definition) is 1. The van der Waals surface area contributed by atoms with Gasteiger partial charge in [-0.1, -0.05) is 30.3 Å². The van der Waals surface area contributed by atoms with Gasteiger partial charge in [0.05, 0.1) is 6.04 Å². The fraction of sp³-hybridized carbons (Fsp3) is 0.273. The number of nitrogens with zero attached hydrogens (tertiary/aromatic N) is 1. The first kappa shape index (κ1) is 10.5. The van der Waals surface area contributed by atoms with Crippen molar-refractivity contribution in [3.05, 3.63) is 35.9 Å². The van der Waals surface area contributed by atoms with Crippen LogP contribution in [-0.4, -0.2) is 23.1 Å². The van der Waals surface area contributed by atoms with Gasteiger partial charge in [-0.25, -0.2) is 14.5 Å². The first-order valence-electron chi connectivity index (χ1n) is 4.95. The number of urea groups is 1. The van der Waals surface area contributed by atoms with E-state index in [0.717, 1.165) is 10.5 Å². The van der Waals surface area contributed by atoms with Crippen LogP contribution in [0.1, 0.15) is 18.6 Å². The van der Waals surface area contributed by atoms with E-state index in [4.69, 9.17) is 10.5 Å². The lowest BCUT2D eigenvalue weighted by molar-refractivity contribution is 0.131. The second kappa shape index (κ2) is 3.84. The predicted octanol–water partition coefficient (Wildman–Crippen LogP) is 1.65. The summed E-state index contributed by atoms with van der Waals surface area (Å²) in [6, 6.07) is 8.10. The zero-order valence-electron chi connectivity index (χ0n) is 8.79. The molecule has 1 aliphatic rings. The third-order valence-electron chi connectivity index (χ3n) is 2.64. The van der Waals surface area contributed by atoms with Crippen LogP contribution in [0.15, 0.2) is 30.3 Å². The molecule has 2 unspecified atom stereocenters. The molecule has 2 rings (SSSR count). The minimum atomic E-state index is -0.782. The minimum absolute atomic E-state index is 0.382. The molecule has 5 nitrogen and oxygen atoms in total. The van der Waals surface area contributed by atoms with Crippen LogP contribution in [0.3, 0.4) is 0 Å². The number of carbonyl (C=O) groups is 2. The summed E-state index contributed by atoms with van der Waals surface area (Å²) in [5.41, 5.74) is 5.96. The van der Waals surface area contributed by atoms with E-state index < -0.39 is 18.2 Å². The van der Waals surface area contributed by atoms with Crippen molar-refractivity contribution >= 4 is 12.1 Å². The van der Waals surface area contributed by atoms with Crippen LogP contribution in [-0.2, 0) is 4.74 Å². The van der Waals surface area contributed by atoms with Crippen LogP contribution in [0.2, 0.25) is 0 Å². The fourth-order valence-corrected chi connectivity index (χ4v) is 1.85. The van der Waals surface area contributed by atoms with Gasteiger partial charge in [-0.2, -0.15) is 0 Å². The number of hydrogen-bond acceptors (Lipinski definition) is 3. The van der Waals surface area contributed by atoms with E-state index in [0.29, 0.717) is 0 Å². The van der Waals surface area contributed by atoms with Gasteiger partial charge in [0.2, 0.25) is 0 Å². The number of nitrogens with two attached hydrogens (primary N) is 1. The van der Waals surface area contributed by atoms with Gasteiger partial charge in [-0.15, -0.1) is 0 Å². The normalized spacial score (nSPS) is 24.3. The lowest BCUT2D eigenvalue weighted by Crippen LogP contribution is -2.41. The molecule has 2 atom stereocenters. The Kier molecular flexibility index (Phi) is 2.52. The van der Waals surface area contributed by atoms with E-state index in [-0.39, 0.29) is 6.04 Å². The van der Waals surface area contributed by atoms with Crippen molar-refractivity contribution < 1.29 is 14.3 Å². The zero-order chi connectivity index (χ0) is 11.7. The van der Waals surface area contributed by atoms with Gasteiger partial charge in [0.25, 0.3) is 0 Å². The molecule has 1 aromatic rings. The van der Waals surface area contributed by atoms with Gasteiger partial charge < -0.3 is 10.5 Å². The highest BCUT2D eigenvalue weighted by Crippen LogP contribution is 2.31. The molecule has 0 aliphatic carbocycles. The summed E-state index contributed by atoms with van der Waals surface area (Å²) >= 11 is 0. The number of cyclic esters (lactones) is 1. The minimum Gasteiger partial charge on any atom is -0.439 e. The van der Waals surface area contributed by atoms with Crippen molar-refractivity contribution in [3.63, 3.8) is 0 Å². The highest BCUT2D eigenvalue weighted by molar-refractivity contribution is 5.91. The molecular weight excluding hydrogens is 208 g/mol. The number of rotatable bonds is 1. The maximum absolute atomic E-state index is 11.4. The van der Waals surface area contributed by atoms with E-state index in [2.05, 4.69) is 0 Å². The van der Waals surface area contributed by atoms with Gasteiger partial charge in [-0.05, 0) is 12.5 Å². The average Bonchev–Trinajstić information content (AvgIpc) is 2.55. The number of benzene rings is 1. The average molecular weight is 220 g/mol. The Morgan fingerprint density at radius 1 is 1.38 bits per heavy atom. The van der Waals surface area contributed by atoms with Gasteiger partial charge >= 0.3 is 12.1 Å². The monoisotopic (exact) mass is 220 g/mol. The first-order chi connectivity index (χ1) is 7.61. The van der Waals surface area contributed by atoms with Crippen molar-refractivity contribution in [2.45, 2.75) is 19.1 Å². The molecule has 3 amide bonds. The molecule has 84 valence electrons. The molecule has 16 heavy (non-hydrogen) atoms. The maximum Gasteiger partial charge on any atom is 0.419 e. The lowest BCUT2D eigenvalue weighted by Gasteiger charge is -2.17. The Morgan fingerprint density at radius 3 is 2.50 bits per heavy atom. The van der Waals surface area contributed by atoms with Gasteiger partial charge in [0, 0.05) is 0 Å². The number of carbonyl (C=O) groups excluding carboxylic acids is 2. The van der Waals surface area contributed by atoms with E-state index in [1.54, 1.807) is 6.92 Å². The Hall–Kier alpha value is -2.04. The molecule has 1 aliphatic heterocycles. The fourth-order valence-electron chi connectivity index (χ4n) is 1.85. The molecule has 5 heteroatoms. The molecule has 1 saturated heterocycles. The summed E-state index contributed by atoms with van der Waals surface area (Å²) in [6.07, 6.45) is -1.13. The third kappa shape index (κ3) is 1.60. The standard InChI is InChI=1S/C11H12N2O3/c1-7-9(8-5-3-2-4-6-8)16-11(15)13(7)10(12)14/h2-7,9H,1H3,(H2,12,14). The molecular formula is C11H12N2O3. The zero-order valence-corrected chi connectivity index (χ0v) is 8.79. The first-order valence-corrected chi connectivity index (χ1v) is 4.95. The third-order valence-corrected chi connectivity index (χ3v) is 2.64. The number of primary amides is 1. The van der Waals surface area contributed by atoms with Crippen LogP contribution < -0.4 is 5.73 Å². The molecule has 0 aromatic heterocycles. The molecule has 1 fully saturated rings. The van der Waals surface area contributed by atoms with Crippen LogP contribution in [0, 0.1) is 0 Å². The molecule has 0 radical (unpaired) electrons. The van der Waals surface area contributed by atoms with Crippen LogP contribution in [0.25, 0.3) is 0 Å². The largest absolute Gasteiger partial charge is 0.439 e. The maximum atomic E-state index is 11.4. The smallest absolute Gasteiger partial charge is 0.419 e. The summed E-state index contributed by atoms with van der Waals surface area (Å²) in [5.74, 6) is 0. The summed E-state index contributed by atoms with van der Waals surface area (Å²) in [7, 11) is 0. The van der Waals surface area contributed by atoms with E-state index >= 15 is 0 Å². The van der Waals surface area contributed by atoms with Crippen molar-refractivity contribution in [1.82, 2.24) is 4.90 Å². The predicted molar refractivity (Wildman–Crippen MR) is 56.5 cm³/mol. The molecule has 0 bridgehead atoms. The number of imide groups is 1. The SMILES string of the molecule is CC1C(c2ccccc2)OC(=O)N1C(N)=O. The Labute approximate surface area is 92.8 Å². The summed E-state index contributed by atoms with van der Waals surface area (Å²) in [4.78, 5) is 23.4. The Balaban J connectivity index is 2.27. The molecule has 0 spiro atoms. The quantitative estimate of drug-likeness (QED) is 0.782. The second-order valence-electron chi connectivity index (χ2n) is 3.66. The van der Waals surface area contributed by atoms with Crippen LogP contribution in [0.5, 0.6) is 0 Å². The van der Waals surface area contributed by atoms with Gasteiger partial charge in [0.1, 0.15) is 6.10 Å². The molecule has 1 aromatic carbocycles. The van der Waals surface area contributed by atoms with E-state index in [1.807, 2.05) is 30.3 Å². The van der Waals surface area contributed by atoms with Crippen molar-refractivity contribution in [2.75, 3.05) is 0 Å². The van der Waals surface area contributed by atoms with Crippen molar-refractivity contribution in [3.8, 4) is 0 Å². The number of ether oxygens (including phenoxy) is 1. The van der Waals surface area contributed by atoms with E-state index in [9.17, 15) is 9.59 Å². The molecule has 0 saturated carbocycles. The van der Waals surface area contributed by atoms with Gasteiger partial charge in [0.15, 0.2) is 0 Å². The molecule has 2 N–H and O–H groups in total. The van der Waals surface area contributed by atoms with Crippen molar-refractivity contribution in [2.24, 2.45) is 5.73 Å². The van der Waals surface area contributed by atoms with Gasteiger partial charge in [-0.3, -0.25) is 0 Å². The summed E-state index contributed by atoms with van der Waals surface area (Å²) < 4.78 is 5.12. The second-order valence-corrected chi connectivity index (χ2v) is 3.66. The van der Waals surface area contributed by atoms with Crippen LogP contribution >= 0.6 is 0 Å². The number of amides is 3. The van der Waals surface area contributed by atoms with Crippen LogP contribution in [0.4, 0.5) is 9.59 Å². The summed E-state index contributed by atoms with van der Waals surface area (Å²) in [6.45, 7) is 1.73. The van der Waals surface area contributed by atoms with Crippen molar-refractivity contribution in [1.29, 1.82) is 0 Å². The Morgan fingerprint density at radius 2 is 2.00 bits per heavy atom. The highest BCUT2D eigenvalue weighted by atomic mass is 16.6. The topological polar surface area (TPSA) is 72.6 Å². The highest BCUT2D eigenvalue weighted by Gasteiger charge is 2.42. The molecule has 1 heterocycles. The van der Waals surface area contributed by atoms with E-state index in [1.165, 1.54) is 0 Å². The summed E-state index contributed by atoms with van der Waals surface area (Å²) in [5, 5.41) is 0. The Bertz CT molecular complexity index is 418.